The van der Waals surface area contributed by atoms with Gasteiger partial charge in [-0.15, -0.1) is 6.58 Å². The van der Waals surface area contributed by atoms with Crippen molar-refractivity contribution in [2.45, 2.75) is 44.4 Å². The lowest BCUT2D eigenvalue weighted by molar-refractivity contribution is -0.126. The van der Waals surface area contributed by atoms with Gasteiger partial charge in [-0.2, -0.15) is 5.10 Å². The number of ketones is 1. The molecule has 0 aliphatic heterocycles. The fourth-order valence-electron chi connectivity index (χ4n) is 3.51. The van der Waals surface area contributed by atoms with Crippen LogP contribution < -0.4 is 0 Å². The van der Waals surface area contributed by atoms with E-state index in [1.165, 1.54) is 0 Å². The molecule has 1 atom stereocenters. The third kappa shape index (κ3) is 2.09. The largest absolute Gasteiger partial charge is 0.299 e. The highest BCUT2D eigenvalue weighted by Gasteiger charge is 2.41. The van der Waals surface area contributed by atoms with E-state index in [1.54, 1.807) is 0 Å². The molecule has 1 unspecified atom stereocenters. The molecular formula is C17H21N3O. The zero-order valence-corrected chi connectivity index (χ0v) is 12.7. The van der Waals surface area contributed by atoms with Gasteiger partial charge in [-0.1, -0.05) is 12.5 Å². The molecule has 0 radical (unpaired) electrons. The van der Waals surface area contributed by atoms with Crippen molar-refractivity contribution in [2.24, 2.45) is 7.05 Å². The van der Waals surface area contributed by atoms with Crippen LogP contribution in [0.25, 0.3) is 10.9 Å². The lowest BCUT2D eigenvalue weighted by Crippen LogP contribution is -2.39. The van der Waals surface area contributed by atoms with Crippen molar-refractivity contribution in [3.8, 4) is 0 Å². The molecule has 2 aromatic heterocycles. The van der Waals surface area contributed by atoms with E-state index in [-0.39, 0.29) is 0 Å². The SMILES string of the molecule is C=CCC1(c2cc3c(cn2)c(C)nn3C)CCCCC1=O. The number of aryl methyl sites for hydroxylation is 2. The molecule has 4 heteroatoms. The van der Waals surface area contributed by atoms with Gasteiger partial charge >= 0.3 is 0 Å². The number of carbonyl (C=O) groups excluding carboxylic acids is 1. The summed E-state index contributed by atoms with van der Waals surface area (Å²) in [6.45, 7) is 5.83. The third-order valence-corrected chi connectivity index (χ3v) is 4.69. The number of nitrogens with zero attached hydrogens (tertiary/aromatic N) is 3. The smallest absolute Gasteiger partial charge is 0.145 e. The third-order valence-electron chi connectivity index (χ3n) is 4.69. The quantitative estimate of drug-likeness (QED) is 0.812. The lowest BCUT2D eigenvalue weighted by atomic mass is 9.68. The number of hydrogen-bond donors (Lipinski definition) is 0. The van der Waals surface area contributed by atoms with Crippen LogP contribution >= 0.6 is 0 Å². The summed E-state index contributed by atoms with van der Waals surface area (Å²) in [7, 11) is 1.93. The van der Waals surface area contributed by atoms with Gasteiger partial charge in [0.25, 0.3) is 0 Å². The molecule has 1 aliphatic carbocycles. The average Bonchev–Trinajstić information content (AvgIpc) is 2.76. The van der Waals surface area contributed by atoms with E-state index in [0.717, 1.165) is 41.6 Å². The molecule has 0 saturated heterocycles. The Kier molecular flexibility index (Phi) is 3.40. The van der Waals surface area contributed by atoms with Gasteiger partial charge in [-0.05, 0) is 32.3 Å². The van der Waals surface area contributed by atoms with Crippen LogP contribution in [-0.2, 0) is 17.3 Å². The van der Waals surface area contributed by atoms with Crippen molar-refractivity contribution >= 4 is 16.7 Å². The fraction of sp³-hybridized carbons (Fsp3) is 0.471. The monoisotopic (exact) mass is 283 g/mol. The highest BCUT2D eigenvalue weighted by molar-refractivity contribution is 5.92. The minimum atomic E-state index is -0.480. The van der Waals surface area contributed by atoms with E-state index >= 15 is 0 Å². The Morgan fingerprint density at radius 3 is 3.00 bits per heavy atom. The number of allylic oxidation sites excluding steroid dienone is 1. The number of carbonyl (C=O) groups is 1. The van der Waals surface area contributed by atoms with Gasteiger partial charge in [0.15, 0.2) is 0 Å². The van der Waals surface area contributed by atoms with Crippen LogP contribution in [0, 0.1) is 6.92 Å². The molecule has 0 bridgehead atoms. The van der Waals surface area contributed by atoms with E-state index in [0.29, 0.717) is 18.6 Å². The van der Waals surface area contributed by atoms with E-state index in [9.17, 15) is 4.79 Å². The number of rotatable bonds is 3. The van der Waals surface area contributed by atoms with Crippen LogP contribution in [0.15, 0.2) is 24.9 Å². The van der Waals surface area contributed by atoms with Crippen LogP contribution in [0.3, 0.4) is 0 Å². The summed E-state index contributed by atoms with van der Waals surface area (Å²) in [4.78, 5) is 17.2. The normalized spacial score (nSPS) is 22.7. The second-order valence-corrected chi connectivity index (χ2v) is 6.00. The maximum absolute atomic E-state index is 12.6. The van der Waals surface area contributed by atoms with E-state index in [1.807, 2.05) is 37.0 Å². The minimum Gasteiger partial charge on any atom is -0.299 e. The zero-order valence-electron chi connectivity index (χ0n) is 12.7. The highest BCUT2D eigenvalue weighted by atomic mass is 16.1. The lowest BCUT2D eigenvalue weighted by Gasteiger charge is -2.34. The first-order valence-corrected chi connectivity index (χ1v) is 7.52. The predicted octanol–water partition coefficient (Wildman–Crippen LogP) is 3.23. The Labute approximate surface area is 124 Å². The number of pyridine rings is 1. The van der Waals surface area contributed by atoms with Crippen LogP contribution in [-0.4, -0.2) is 20.5 Å². The highest BCUT2D eigenvalue weighted by Crippen LogP contribution is 2.40. The van der Waals surface area contributed by atoms with Gasteiger partial charge < -0.3 is 0 Å². The van der Waals surface area contributed by atoms with E-state index in [2.05, 4.69) is 16.7 Å². The Bertz CT molecular complexity index is 716. The predicted molar refractivity (Wildman–Crippen MR) is 83.2 cm³/mol. The summed E-state index contributed by atoms with van der Waals surface area (Å²) in [5.74, 6) is 0.305. The molecule has 0 spiro atoms. The molecular weight excluding hydrogens is 262 g/mol. The molecule has 2 aromatic rings. The first-order chi connectivity index (χ1) is 10.1. The Hall–Kier alpha value is -1.97. The number of hydrogen-bond acceptors (Lipinski definition) is 3. The summed E-state index contributed by atoms with van der Waals surface area (Å²) < 4.78 is 1.87. The van der Waals surface area contributed by atoms with Crippen LogP contribution in [0.2, 0.25) is 0 Å². The second kappa shape index (κ2) is 5.10. The number of aromatic nitrogens is 3. The van der Waals surface area contributed by atoms with Gasteiger partial charge in [0, 0.05) is 25.1 Å². The van der Waals surface area contributed by atoms with Crippen molar-refractivity contribution in [1.29, 1.82) is 0 Å². The fourth-order valence-corrected chi connectivity index (χ4v) is 3.51. The summed E-state index contributed by atoms with van der Waals surface area (Å²) >= 11 is 0. The topological polar surface area (TPSA) is 47.8 Å². The molecule has 1 fully saturated rings. The molecule has 0 aromatic carbocycles. The van der Waals surface area contributed by atoms with Crippen molar-refractivity contribution in [2.75, 3.05) is 0 Å². The molecule has 0 N–H and O–H groups in total. The van der Waals surface area contributed by atoms with Gasteiger partial charge in [-0.25, -0.2) is 0 Å². The summed E-state index contributed by atoms with van der Waals surface area (Å²) in [5.41, 5.74) is 2.41. The van der Waals surface area contributed by atoms with Crippen molar-refractivity contribution < 1.29 is 4.79 Å². The molecule has 2 heterocycles. The molecule has 21 heavy (non-hydrogen) atoms. The van der Waals surface area contributed by atoms with Gasteiger partial charge in [0.2, 0.25) is 0 Å². The van der Waals surface area contributed by atoms with Crippen molar-refractivity contribution in [1.82, 2.24) is 14.8 Å². The number of Topliss-reactive ketones (excluding diaryl/α,β-unsaturated/α-hetero) is 1. The van der Waals surface area contributed by atoms with Gasteiger partial charge in [0.05, 0.1) is 22.3 Å². The van der Waals surface area contributed by atoms with E-state index in [4.69, 9.17) is 0 Å². The zero-order chi connectivity index (χ0) is 15.0. The molecule has 1 saturated carbocycles. The molecule has 110 valence electrons. The van der Waals surface area contributed by atoms with Gasteiger partial charge in [-0.3, -0.25) is 14.5 Å². The standard InChI is InChI=1S/C17H21N3O/c1-4-8-17(9-6-5-7-16(17)21)15-10-14-13(11-18-15)12(2)19-20(14)3/h4,10-11H,1,5-9H2,2-3H3. The summed E-state index contributed by atoms with van der Waals surface area (Å²) in [5, 5.41) is 5.49. The second-order valence-electron chi connectivity index (χ2n) is 6.00. The maximum Gasteiger partial charge on any atom is 0.145 e. The molecule has 4 nitrogen and oxygen atoms in total. The van der Waals surface area contributed by atoms with Crippen LogP contribution in [0.5, 0.6) is 0 Å². The maximum atomic E-state index is 12.6. The first-order valence-electron chi connectivity index (χ1n) is 7.52. The van der Waals surface area contributed by atoms with E-state index < -0.39 is 5.41 Å². The molecule has 3 rings (SSSR count). The molecule has 1 aliphatic rings. The summed E-state index contributed by atoms with van der Waals surface area (Å²) in [6.07, 6.45) is 7.96. The molecule has 0 amide bonds. The van der Waals surface area contributed by atoms with Crippen LogP contribution in [0.4, 0.5) is 0 Å². The van der Waals surface area contributed by atoms with Gasteiger partial charge in [0.1, 0.15) is 5.78 Å². The summed E-state index contributed by atoms with van der Waals surface area (Å²) in [6, 6.07) is 2.04. The first kappa shape index (κ1) is 14.0. The Morgan fingerprint density at radius 2 is 2.29 bits per heavy atom. The minimum absolute atomic E-state index is 0.305. The average molecular weight is 283 g/mol. The Balaban J connectivity index is 2.17. The van der Waals surface area contributed by atoms with Crippen molar-refractivity contribution in [3.63, 3.8) is 0 Å². The number of fused-ring (bicyclic) bond motifs is 1. The Morgan fingerprint density at radius 1 is 1.48 bits per heavy atom. The van der Waals surface area contributed by atoms with Crippen LogP contribution in [0.1, 0.15) is 43.5 Å². The van der Waals surface area contributed by atoms with Crippen molar-refractivity contribution in [3.05, 3.63) is 36.3 Å².